The fourth-order valence-electron chi connectivity index (χ4n) is 4.79. The zero-order chi connectivity index (χ0) is 26.6. The lowest BCUT2D eigenvalue weighted by Gasteiger charge is -2.12. The van der Waals surface area contributed by atoms with E-state index < -0.39 is 0 Å². The van der Waals surface area contributed by atoms with E-state index in [1.807, 2.05) is 18.2 Å². The number of carbonyl (C=O) groups is 1. The second kappa shape index (κ2) is 14.4. The van der Waals surface area contributed by atoms with E-state index in [2.05, 4.69) is 78.3 Å². The number of para-hydroxylation sites is 2. The lowest BCUT2D eigenvalue weighted by Crippen LogP contribution is -2.24. The third kappa shape index (κ3) is 8.20. The van der Waals surface area contributed by atoms with E-state index >= 15 is 0 Å². The summed E-state index contributed by atoms with van der Waals surface area (Å²) in [6.07, 6.45) is 7.48. The number of nitrogens with zero attached hydrogens (tertiary/aromatic N) is 2. The van der Waals surface area contributed by atoms with Gasteiger partial charge in [-0.05, 0) is 80.8 Å². The molecule has 4 aromatic rings. The molecule has 0 aliphatic rings. The monoisotopic (exact) mass is 511 g/mol. The molecule has 0 saturated carbocycles. The summed E-state index contributed by atoms with van der Waals surface area (Å²) in [4.78, 5) is 17.1. The lowest BCUT2D eigenvalue weighted by molar-refractivity contribution is -0.121. The summed E-state index contributed by atoms with van der Waals surface area (Å²) in [6.45, 7) is 6.61. The van der Waals surface area contributed by atoms with Crippen LogP contribution in [0, 0.1) is 13.8 Å². The van der Waals surface area contributed by atoms with Crippen LogP contribution in [-0.4, -0.2) is 28.6 Å². The number of unbranched alkanes of at least 4 members (excludes halogenated alkanes) is 3. The molecule has 4 rings (SSSR count). The maximum absolute atomic E-state index is 12.1. The molecule has 1 aromatic heterocycles. The Morgan fingerprint density at radius 3 is 2.55 bits per heavy atom. The summed E-state index contributed by atoms with van der Waals surface area (Å²) in [5, 5.41) is 3.07. The second-order valence-electron chi connectivity index (χ2n) is 10.1. The molecule has 1 heterocycles. The van der Waals surface area contributed by atoms with E-state index in [-0.39, 0.29) is 5.91 Å². The van der Waals surface area contributed by atoms with Gasteiger partial charge in [0.2, 0.25) is 5.91 Å². The molecule has 0 atom stereocenters. The third-order valence-corrected chi connectivity index (χ3v) is 6.99. The number of rotatable bonds is 15. The minimum atomic E-state index is 0.136. The number of carbonyl (C=O) groups excluding carboxylic acids is 1. The number of nitrogens with one attached hydrogen (secondary N) is 1. The molecule has 5 heteroatoms. The second-order valence-corrected chi connectivity index (χ2v) is 10.1. The Bertz CT molecular complexity index is 1300. The first-order valence-electron chi connectivity index (χ1n) is 14.0. The van der Waals surface area contributed by atoms with E-state index in [1.54, 1.807) is 0 Å². The Morgan fingerprint density at radius 2 is 1.68 bits per heavy atom. The van der Waals surface area contributed by atoms with E-state index in [4.69, 9.17) is 9.72 Å². The SMILES string of the molecule is Cc1ccc(C)c(OCCCCn2c(CCCCCNC(=O)CCc3ccccc3)nc3ccccc32)c1. The van der Waals surface area contributed by atoms with Gasteiger partial charge in [-0.15, -0.1) is 0 Å². The molecular weight excluding hydrogens is 470 g/mol. The maximum atomic E-state index is 12.1. The quantitative estimate of drug-likeness (QED) is 0.175. The number of hydrogen-bond donors (Lipinski definition) is 1. The highest BCUT2D eigenvalue weighted by molar-refractivity contribution is 5.76. The maximum Gasteiger partial charge on any atom is 0.220 e. The van der Waals surface area contributed by atoms with Crippen molar-refractivity contribution in [1.29, 1.82) is 0 Å². The van der Waals surface area contributed by atoms with Crippen molar-refractivity contribution in [2.45, 2.75) is 71.8 Å². The number of aryl methyl sites for hydroxylation is 5. The van der Waals surface area contributed by atoms with Gasteiger partial charge in [-0.25, -0.2) is 4.98 Å². The van der Waals surface area contributed by atoms with E-state index in [0.29, 0.717) is 6.42 Å². The summed E-state index contributed by atoms with van der Waals surface area (Å²) in [7, 11) is 0. The van der Waals surface area contributed by atoms with Crippen LogP contribution in [0.2, 0.25) is 0 Å². The van der Waals surface area contributed by atoms with Crippen LogP contribution in [0.15, 0.2) is 72.8 Å². The number of imidazole rings is 1. The number of amides is 1. The van der Waals surface area contributed by atoms with Crippen molar-refractivity contribution in [2.75, 3.05) is 13.2 Å². The summed E-state index contributed by atoms with van der Waals surface area (Å²) in [6, 6.07) is 25.0. The predicted molar refractivity (Wildman–Crippen MR) is 156 cm³/mol. The minimum Gasteiger partial charge on any atom is -0.493 e. The van der Waals surface area contributed by atoms with Crippen LogP contribution in [0.5, 0.6) is 5.75 Å². The van der Waals surface area contributed by atoms with Gasteiger partial charge >= 0.3 is 0 Å². The van der Waals surface area contributed by atoms with Gasteiger partial charge in [0.15, 0.2) is 0 Å². The van der Waals surface area contributed by atoms with Crippen molar-refractivity contribution < 1.29 is 9.53 Å². The van der Waals surface area contributed by atoms with Gasteiger partial charge in [0.25, 0.3) is 0 Å². The highest BCUT2D eigenvalue weighted by Gasteiger charge is 2.10. The highest BCUT2D eigenvalue weighted by atomic mass is 16.5. The smallest absolute Gasteiger partial charge is 0.220 e. The standard InChI is InChI=1S/C33H41N3O2/c1-26-18-19-27(2)31(25-26)38-24-12-11-23-36-30-16-9-8-15-29(30)35-32(36)17-7-4-10-22-34-33(37)21-20-28-13-5-3-6-14-28/h3,5-6,8-9,13-16,18-19,25H,4,7,10-12,17,20-24H2,1-2H3,(H,34,37). The largest absolute Gasteiger partial charge is 0.493 e. The molecule has 0 unspecified atom stereocenters. The van der Waals surface area contributed by atoms with E-state index in [9.17, 15) is 4.79 Å². The number of ether oxygens (including phenoxy) is 1. The Labute approximate surface area is 227 Å². The Morgan fingerprint density at radius 1 is 0.868 bits per heavy atom. The van der Waals surface area contributed by atoms with Crippen molar-refractivity contribution >= 4 is 16.9 Å². The van der Waals surface area contributed by atoms with Crippen LogP contribution in [0.3, 0.4) is 0 Å². The fraction of sp³-hybridized carbons (Fsp3) is 0.394. The van der Waals surface area contributed by atoms with Crippen LogP contribution in [-0.2, 0) is 24.2 Å². The molecule has 0 aliphatic carbocycles. The minimum absolute atomic E-state index is 0.136. The van der Waals surface area contributed by atoms with Gasteiger partial charge in [0.05, 0.1) is 17.6 Å². The fourth-order valence-corrected chi connectivity index (χ4v) is 4.79. The molecule has 5 nitrogen and oxygen atoms in total. The highest BCUT2D eigenvalue weighted by Crippen LogP contribution is 2.21. The zero-order valence-corrected chi connectivity index (χ0v) is 22.9. The molecule has 0 bridgehead atoms. The average Bonchev–Trinajstić information content (AvgIpc) is 3.29. The number of fused-ring (bicyclic) bond motifs is 1. The topological polar surface area (TPSA) is 56.1 Å². The van der Waals surface area contributed by atoms with Crippen molar-refractivity contribution in [3.05, 3.63) is 95.3 Å². The van der Waals surface area contributed by atoms with Crippen LogP contribution >= 0.6 is 0 Å². The molecule has 0 aliphatic heterocycles. The number of benzene rings is 3. The normalized spacial score (nSPS) is 11.1. The Balaban J connectivity index is 1.18. The van der Waals surface area contributed by atoms with E-state index in [1.165, 1.54) is 22.2 Å². The van der Waals surface area contributed by atoms with Gasteiger partial charge in [0.1, 0.15) is 11.6 Å². The average molecular weight is 512 g/mol. The molecule has 0 saturated heterocycles. The van der Waals surface area contributed by atoms with Gasteiger partial charge in [-0.2, -0.15) is 0 Å². The molecule has 0 spiro atoms. The summed E-state index contributed by atoms with van der Waals surface area (Å²) >= 11 is 0. The van der Waals surface area contributed by atoms with Crippen LogP contribution in [0.4, 0.5) is 0 Å². The third-order valence-electron chi connectivity index (χ3n) is 6.99. The lowest BCUT2D eigenvalue weighted by atomic mass is 10.1. The number of aromatic nitrogens is 2. The van der Waals surface area contributed by atoms with Gasteiger partial charge in [0, 0.05) is 25.9 Å². The first kappa shape index (κ1) is 27.4. The Kier molecular flexibility index (Phi) is 10.4. The zero-order valence-electron chi connectivity index (χ0n) is 22.9. The Hall–Kier alpha value is -3.60. The van der Waals surface area contributed by atoms with Crippen LogP contribution < -0.4 is 10.1 Å². The molecule has 3 aromatic carbocycles. The first-order valence-corrected chi connectivity index (χ1v) is 14.0. The molecule has 1 N–H and O–H groups in total. The molecule has 200 valence electrons. The van der Waals surface area contributed by atoms with E-state index in [0.717, 1.165) is 81.7 Å². The van der Waals surface area contributed by atoms with Crippen molar-refractivity contribution in [1.82, 2.24) is 14.9 Å². The van der Waals surface area contributed by atoms with Gasteiger partial charge < -0.3 is 14.6 Å². The van der Waals surface area contributed by atoms with Crippen molar-refractivity contribution in [2.24, 2.45) is 0 Å². The van der Waals surface area contributed by atoms with Gasteiger partial charge in [-0.3, -0.25) is 4.79 Å². The van der Waals surface area contributed by atoms with Crippen LogP contribution in [0.25, 0.3) is 11.0 Å². The molecule has 0 fully saturated rings. The summed E-state index contributed by atoms with van der Waals surface area (Å²) < 4.78 is 8.44. The molecule has 38 heavy (non-hydrogen) atoms. The molecule has 1 amide bonds. The molecule has 0 radical (unpaired) electrons. The van der Waals surface area contributed by atoms with Crippen molar-refractivity contribution in [3.8, 4) is 5.75 Å². The predicted octanol–water partition coefficient (Wildman–Crippen LogP) is 6.97. The van der Waals surface area contributed by atoms with Crippen LogP contribution in [0.1, 0.15) is 61.0 Å². The van der Waals surface area contributed by atoms with Crippen molar-refractivity contribution in [3.63, 3.8) is 0 Å². The number of hydrogen-bond acceptors (Lipinski definition) is 3. The first-order chi connectivity index (χ1) is 18.6. The summed E-state index contributed by atoms with van der Waals surface area (Å²) in [5.74, 6) is 2.29. The summed E-state index contributed by atoms with van der Waals surface area (Å²) in [5.41, 5.74) is 5.90. The molecular formula is C33H41N3O2. The van der Waals surface area contributed by atoms with Gasteiger partial charge in [-0.1, -0.05) is 61.0 Å².